The number of thiophene rings is 1. The Kier molecular flexibility index (Phi) is 5.59. The standard InChI is InChI=1S/C20H24N4O3S/c1-13-9-16(23-27-13)19(25)21-10-15-5-3-7-24(11-15)12-17-14(2)26-20(22-17)18-6-4-8-28-18/h4,6,8-9,15H,3,5,7,10-12H2,1-2H3,(H,21,25). The predicted octanol–water partition coefficient (Wildman–Crippen LogP) is 3.65. The Morgan fingerprint density at radius 1 is 1.43 bits per heavy atom. The highest BCUT2D eigenvalue weighted by atomic mass is 32.1. The third-order valence-electron chi connectivity index (χ3n) is 5.01. The van der Waals surface area contributed by atoms with Crippen molar-refractivity contribution >= 4 is 17.2 Å². The number of nitrogens with one attached hydrogen (secondary N) is 1. The molecule has 1 unspecified atom stereocenters. The Morgan fingerprint density at radius 3 is 3.07 bits per heavy atom. The normalized spacial score (nSPS) is 17.7. The number of hydrogen-bond acceptors (Lipinski definition) is 7. The van der Waals surface area contributed by atoms with Crippen LogP contribution in [0.5, 0.6) is 0 Å². The number of nitrogens with zero attached hydrogens (tertiary/aromatic N) is 3. The van der Waals surface area contributed by atoms with Gasteiger partial charge in [0, 0.05) is 25.7 Å². The van der Waals surface area contributed by atoms with Crippen molar-refractivity contribution in [2.75, 3.05) is 19.6 Å². The highest BCUT2D eigenvalue weighted by Gasteiger charge is 2.23. The van der Waals surface area contributed by atoms with Crippen molar-refractivity contribution < 1.29 is 13.7 Å². The molecular weight excluding hydrogens is 376 g/mol. The molecule has 3 aromatic heterocycles. The first-order chi connectivity index (χ1) is 13.6. The summed E-state index contributed by atoms with van der Waals surface area (Å²) in [6.45, 7) is 7.12. The molecule has 148 valence electrons. The number of amides is 1. The minimum atomic E-state index is -0.179. The van der Waals surface area contributed by atoms with Crippen molar-refractivity contribution in [1.29, 1.82) is 0 Å². The molecule has 1 fully saturated rings. The second-order valence-corrected chi connectivity index (χ2v) is 8.22. The Bertz CT molecular complexity index is 931. The summed E-state index contributed by atoms with van der Waals surface area (Å²) in [7, 11) is 0. The summed E-state index contributed by atoms with van der Waals surface area (Å²) in [6, 6.07) is 5.68. The van der Waals surface area contributed by atoms with Crippen LogP contribution in [0.3, 0.4) is 0 Å². The number of oxazole rings is 1. The number of carbonyl (C=O) groups is 1. The summed E-state index contributed by atoms with van der Waals surface area (Å²) in [5, 5.41) is 8.77. The molecule has 0 aliphatic carbocycles. The summed E-state index contributed by atoms with van der Waals surface area (Å²) < 4.78 is 10.8. The van der Waals surface area contributed by atoms with E-state index < -0.39 is 0 Å². The summed E-state index contributed by atoms with van der Waals surface area (Å²) in [4.78, 5) is 20.3. The molecule has 1 atom stereocenters. The van der Waals surface area contributed by atoms with Crippen LogP contribution in [-0.4, -0.2) is 40.6 Å². The molecule has 1 aliphatic rings. The maximum Gasteiger partial charge on any atom is 0.273 e. The quantitative estimate of drug-likeness (QED) is 0.680. The van der Waals surface area contributed by atoms with Gasteiger partial charge in [0.05, 0.1) is 10.6 Å². The number of likely N-dealkylation sites (tertiary alicyclic amines) is 1. The average molecular weight is 401 g/mol. The zero-order valence-electron chi connectivity index (χ0n) is 16.1. The molecule has 0 saturated carbocycles. The summed E-state index contributed by atoms with van der Waals surface area (Å²) in [5.41, 5.74) is 1.33. The molecule has 0 spiro atoms. The summed E-state index contributed by atoms with van der Waals surface area (Å²) in [5.74, 6) is 2.45. The number of rotatable bonds is 6. The Morgan fingerprint density at radius 2 is 2.32 bits per heavy atom. The van der Waals surface area contributed by atoms with Crippen molar-refractivity contribution in [2.24, 2.45) is 5.92 Å². The van der Waals surface area contributed by atoms with E-state index >= 15 is 0 Å². The zero-order valence-corrected chi connectivity index (χ0v) is 16.9. The van der Waals surface area contributed by atoms with Gasteiger partial charge < -0.3 is 14.3 Å². The number of carbonyl (C=O) groups excluding carboxylic acids is 1. The minimum absolute atomic E-state index is 0.179. The van der Waals surface area contributed by atoms with Gasteiger partial charge in [-0.3, -0.25) is 9.69 Å². The smallest absolute Gasteiger partial charge is 0.273 e. The average Bonchev–Trinajstić information content (AvgIpc) is 3.42. The lowest BCUT2D eigenvalue weighted by Gasteiger charge is -2.32. The largest absolute Gasteiger partial charge is 0.440 e. The van der Waals surface area contributed by atoms with E-state index in [0.717, 1.165) is 48.8 Å². The highest BCUT2D eigenvalue weighted by Crippen LogP contribution is 2.27. The molecule has 4 rings (SSSR count). The van der Waals surface area contributed by atoms with E-state index in [9.17, 15) is 4.79 Å². The maximum absolute atomic E-state index is 12.2. The first-order valence-corrected chi connectivity index (χ1v) is 10.4. The van der Waals surface area contributed by atoms with Gasteiger partial charge in [0.2, 0.25) is 5.89 Å². The van der Waals surface area contributed by atoms with Crippen molar-refractivity contribution in [3.05, 3.63) is 46.5 Å². The third-order valence-corrected chi connectivity index (χ3v) is 5.87. The molecule has 0 radical (unpaired) electrons. The molecule has 0 bridgehead atoms. The fraction of sp³-hybridized carbons (Fsp3) is 0.450. The van der Waals surface area contributed by atoms with E-state index in [1.807, 2.05) is 24.4 Å². The van der Waals surface area contributed by atoms with Gasteiger partial charge >= 0.3 is 0 Å². The van der Waals surface area contributed by atoms with Gasteiger partial charge in [-0.1, -0.05) is 11.2 Å². The third kappa shape index (κ3) is 4.34. The molecule has 8 heteroatoms. The van der Waals surface area contributed by atoms with E-state index in [-0.39, 0.29) is 5.91 Å². The van der Waals surface area contributed by atoms with Crippen LogP contribution in [0.1, 0.15) is 40.5 Å². The van der Waals surface area contributed by atoms with E-state index in [1.54, 1.807) is 24.3 Å². The Labute approximate surface area is 167 Å². The number of aromatic nitrogens is 2. The second kappa shape index (κ2) is 8.28. The minimum Gasteiger partial charge on any atom is -0.440 e. The number of piperidine rings is 1. The fourth-order valence-electron chi connectivity index (χ4n) is 3.55. The lowest BCUT2D eigenvalue weighted by atomic mass is 9.97. The van der Waals surface area contributed by atoms with E-state index in [4.69, 9.17) is 13.9 Å². The molecular formula is C20H24N4O3S. The van der Waals surface area contributed by atoms with Gasteiger partial charge in [0.1, 0.15) is 11.5 Å². The van der Waals surface area contributed by atoms with Crippen LogP contribution in [0.4, 0.5) is 0 Å². The van der Waals surface area contributed by atoms with Gasteiger partial charge in [-0.25, -0.2) is 4.98 Å². The molecule has 1 N–H and O–H groups in total. The topological polar surface area (TPSA) is 84.4 Å². The van der Waals surface area contributed by atoms with Gasteiger partial charge in [-0.15, -0.1) is 11.3 Å². The SMILES string of the molecule is Cc1cc(C(=O)NCC2CCCN(Cc3nc(-c4cccs4)oc3C)C2)no1. The molecule has 28 heavy (non-hydrogen) atoms. The van der Waals surface area contributed by atoms with Crippen LogP contribution in [0.25, 0.3) is 10.8 Å². The van der Waals surface area contributed by atoms with E-state index in [0.29, 0.717) is 29.8 Å². The summed E-state index contributed by atoms with van der Waals surface area (Å²) >= 11 is 1.63. The molecule has 3 aromatic rings. The molecule has 1 saturated heterocycles. The first-order valence-electron chi connectivity index (χ1n) is 9.52. The predicted molar refractivity (Wildman–Crippen MR) is 106 cm³/mol. The maximum atomic E-state index is 12.2. The highest BCUT2D eigenvalue weighted by molar-refractivity contribution is 7.13. The molecule has 0 aromatic carbocycles. The van der Waals surface area contributed by atoms with Crippen LogP contribution < -0.4 is 5.32 Å². The zero-order chi connectivity index (χ0) is 19.5. The van der Waals surface area contributed by atoms with Gasteiger partial charge in [0.25, 0.3) is 5.91 Å². The first kappa shape index (κ1) is 18.9. The van der Waals surface area contributed by atoms with Crippen molar-refractivity contribution in [3.8, 4) is 10.8 Å². The molecule has 1 amide bonds. The summed E-state index contributed by atoms with van der Waals surface area (Å²) in [6.07, 6.45) is 2.21. The van der Waals surface area contributed by atoms with Crippen molar-refractivity contribution in [1.82, 2.24) is 20.4 Å². The Hall–Kier alpha value is -2.45. The Balaban J connectivity index is 1.32. The fourth-order valence-corrected chi connectivity index (χ4v) is 4.20. The van der Waals surface area contributed by atoms with Crippen LogP contribution >= 0.6 is 11.3 Å². The van der Waals surface area contributed by atoms with E-state index in [2.05, 4.69) is 15.4 Å². The van der Waals surface area contributed by atoms with Gasteiger partial charge in [0.15, 0.2) is 5.69 Å². The number of hydrogen-bond donors (Lipinski definition) is 1. The van der Waals surface area contributed by atoms with Crippen LogP contribution in [0, 0.1) is 19.8 Å². The van der Waals surface area contributed by atoms with Crippen molar-refractivity contribution in [2.45, 2.75) is 33.2 Å². The lowest BCUT2D eigenvalue weighted by Crippen LogP contribution is -2.40. The van der Waals surface area contributed by atoms with E-state index in [1.165, 1.54) is 0 Å². The monoisotopic (exact) mass is 400 g/mol. The lowest BCUT2D eigenvalue weighted by molar-refractivity contribution is 0.0921. The molecule has 7 nitrogen and oxygen atoms in total. The molecule has 1 aliphatic heterocycles. The van der Waals surface area contributed by atoms with Gasteiger partial charge in [-0.2, -0.15) is 0 Å². The second-order valence-electron chi connectivity index (χ2n) is 7.28. The van der Waals surface area contributed by atoms with Crippen molar-refractivity contribution in [3.63, 3.8) is 0 Å². The van der Waals surface area contributed by atoms with Gasteiger partial charge in [-0.05, 0) is 50.6 Å². The van der Waals surface area contributed by atoms with Crippen LogP contribution in [0.2, 0.25) is 0 Å². The van der Waals surface area contributed by atoms with Crippen LogP contribution in [0.15, 0.2) is 32.5 Å². The van der Waals surface area contributed by atoms with Crippen LogP contribution in [-0.2, 0) is 6.54 Å². The number of aryl methyl sites for hydroxylation is 2. The molecule has 4 heterocycles.